The molecule has 0 amide bonds. The van der Waals surface area contributed by atoms with Crippen LogP contribution in [-0.4, -0.2) is 15.2 Å². The van der Waals surface area contributed by atoms with Crippen molar-refractivity contribution in [2.75, 3.05) is 5.73 Å². The van der Waals surface area contributed by atoms with E-state index in [9.17, 15) is 0 Å². The number of aromatic nitrogens is 3. The van der Waals surface area contributed by atoms with Gasteiger partial charge in [0.15, 0.2) is 5.65 Å². The number of fused-ring (bicyclic) bond motifs is 1. The van der Waals surface area contributed by atoms with E-state index in [0.29, 0.717) is 17.0 Å². The van der Waals surface area contributed by atoms with Crippen molar-refractivity contribution in [2.24, 2.45) is 0 Å². The molecule has 0 saturated carbocycles. The Morgan fingerprint density at radius 3 is 2.53 bits per heavy atom. The van der Waals surface area contributed by atoms with Crippen molar-refractivity contribution in [1.29, 1.82) is 0 Å². The molecule has 0 atom stereocenters. The molecule has 3 rings (SSSR count). The van der Waals surface area contributed by atoms with E-state index in [0.717, 1.165) is 10.9 Å². The zero-order valence-corrected chi connectivity index (χ0v) is 9.04. The third-order valence-corrected chi connectivity index (χ3v) is 2.62. The zero-order chi connectivity index (χ0) is 11.7. The molecule has 0 unspecified atom stereocenters. The van der Waals surface area contributed by atoms with Crippen LogP contribution in [0.2, 0.25) is 0 Å². The minimum Gasteiger partial charge on any atom is -0.396 e. The fourth-order valence-corrected chi connectivity index (χ4v) is 1.77. The number of benzene rings is 1. The summed E-state index contributed by atoms with van der Waals surface area (Å²) < 4.78 is 0. The van der Waals surface area contributed by atoms with Crippen molar-refractivity contribution in [1.82, 2.24) is 15.2 Å². The van der Waals surface area contributed by atoms with E-state index >= 15 is 0 Å². The maximum atomic E-state index is 6.11. The molecule has 4 nitrogen and oxygen atoms in total. The SMILES string of the molecule is Nc1c(-c2ccccc2)nnc2ncccc12. The monoisotopic (exact) mass is 222 g/mol. The molecule has 0 radical (unpaired) electrons. The summed E-state index contributed by atoms with van der Waals surface area (Å²) in [6.45, 7) is 0. The van der Waals surface area contributed by atoms with E-state index in [4.69, 9.17) is 5.73 Å². The molecule has 4 heteroatoms. The maximum Gasteiger partial charge on any atom is 0.183 e. The fraction of sp³-hybridized carbons (Fsp3) is 0. The van der Waals surface area contributed by atoms with Gasteiger partial charge in [-0.2, -0.15) is 0 Å². The maximum absolute atomic E-state index is 6.11. The Labute approximate surface area is 98.1 Å². The summed E-state index contributed by atoms with van der Waals surface area (Å²) >= 11 is 0. The van der Waals surface area contributed by atoms with Crippen molar-refractivity contribution in [2.45, 2.75) is 0 Å². The molecule has 0 fully saturated rings. The summed E-state index contributed by atoms with van der Waals surface area (Å²) in [7, 11) is 0. The van der Waals surface area contributed by atoms with Crippen LogP contribution in [0.3, 0.4) is 0 Å². The number of rotatable bonds is 1. The topological polar surface area (TPSA) is 64.7 Å². The molecule has 3 aromatic rings. The third-order valence-electron chi connectivity index (χ3n) is 2.62. The van der Waals surface area contributed by atoms with E-state index in [1.165, 1.54) is 0 Å². The lowest BCUT2D eigenvalue weighted by Gasteiger charge is -2.06. The smallest absolute Gasteiger partial charge is 0.183 e. The quantitative estimate of drug-likeness (QED) is 0.686. The van der Waals surface area contributed by atoms with E-state index in [1.54, 1.807) is 6.20 Å². The van der Waals surface area contributed by atoms with E-state index in [2.05, 4.69) is 15.2 Å². The number of nitrogen functional groups attached to an aromatic ring is 1. The van der Waals surface area contributed by atoms with Gasteiger partial charge in [-0.25, -0.2) is 4.98 Å². The van der Waals surface area contributed by atoms with Gasteiger partial charge in [0.05, 0.1) is 5.69 Å². The highest BCUT2D eigenvalue weighted by Gasteiger charge is 2.09. The number of hydrogen-bond donors (Lipinski definition) is 1. The number of pyridine rings is 1. The number of anilines is 1. The van der Waals surface area contributed by atoms with Gasteiger partial charge in [-0.3, -0.25) is 0 Å². The summed E-state index contributed by atoms with van der Waals surface area (Å²) in [5, 5.41) is 9.05. The second-order valence-electron chi connectivity index (χ2n) is 3.70. The summed E-state index contributed by atoms with van der Waals surface area (Å²) in [4.78, 5) is 4.12. The highest BCUT2D eigenvalue weighted by atomic mass is 15.1. The summed E-state index contributed by atoms with van der Waals surface area (Å²) in [6, 6.07) is 13.5. The largest absolute Gasteiger partial charge is 0.396 e. The summed E-state index contributed by atoms with van der Waals surface area (Å²) in [5.74, 6) is 0. The first-order valence-electron chi connectivity index (χ1n) is 5.28. The van der Waals surface area contributed by atoms with Crippen LogP contribution >= 0.6 is 0 Å². The van der Waals surface area contributed by atoms with Crippen molar-refractivity contribution in [3.05, 3.63) is 48.7 Å². The first-order chi connectivity index (χ1) is 8.36. The standard InChI is InChI=1S/C13H10N4/c14-11-10-7-4-8-15-13(10)17-16-12(11)9-5-2-1-3-6-9/h1-8H,(H2,14,15,17). The van der Waals surface area contributed by atoms with E-state index in [-0.39, 0.29) is 0 Å². The number of nitrogens with two attached hydrogens (primary N) is 1. The summed E-state index contributed by atoms with van der Waals surface area (Å²) in [5.41, 5.74) is 8.96. The van der Waals surface area contributed by atoms with Crippen LogP contribution in [-0.2, 0) is 0 Å². The fourth-order valence-electron chi connectivity index (χ4n) is 1.77. The van der Waals surface area contributed by atoms with Gasteiger partial charge >= 0.3 is 0 Å². The molecule has 1 aromatic carbocycles. The molecule has 0 bridgehead atoms. The van der Waals surface area contributed by atoms with Crippen LogP contribution in [0, 0.1) is 0 Å². The van der Waals surface area contributed by atoms with E-state index in [1.807, 2.05) is 42.5 Å². The van der Waals surface area contributed by atoms with Crippen LogP contribution in [0.25, 0.3) is 22.3 Å². The van der Waals surface area contributed by atoms with Crippen LogP contribution < -0.4 is 5.73 Å². The van der Waals surface area contributed by atoms with Gasteiger partial charge in [0.1, 0.15) is 5.69 Å². The normalized spacial score (nSPS) is 10.6. The molecular formula is C13H10N4. The minimum absolute atomic E-state index is 0.574. The lowest BCUT2D eigenvalue weighted by atomic mass is 10.1. The van der Waals surface area contributed by atoms with Gasteiger partial charge in [0.25, 0.3) is 0 Å². The molecule has 82 valence electrons. The number of nitrogens with zero attached hydrogens (tertiary/aromatic N) is 3. The molecule has 0 saturated heterocycles. The highest BCUT2D eigenvalue weighted by molar-refractivity contribution is 5.94. The molecule has 2 heterocycles. The Bertz CT molecular complexity index is 665. The average molecular weight is 222 g/mol. The molecule has 0 aliphatic heterocycles. The zero-order valence-electron chi connectivity index (χ0n) is 9.04. The van der Waals surface area contributed by atoms with Crippen molar-refractivity contribution < 1.29 is 0 Å². The van der Waals surface area contributed by atoms with Gasteiger partial charge < -0.3 is 5.73 Å². The predicted octanol–water partition coefficient (Wildman–Crippen LogP) is 2.27. The van der Waals surface area contributed by atoms with Crippen LogP contribution in [0.15, 0.2) is 48.7 Å². The molecule has 0 aliphatic carbocycles. The second-order valence-corrected chi connectivity index (χ2v) is 3.70. The predicted molar refractivity (Wildman–Crippen MR) is 67.2 cm³/mol. The van der Waals surface area contributed by atoms with E-state index < -0.39 is 0 Å². The molecule has 0 aliphatic rings. The molecular weight excluding hydrogens is 212 g/mol. The molecule has 0 spiro atoms. The van der Waals surface area contributed by atoms with Crippen molar-refractivity contribution in [3.8, 4) is 11.3 Å². The Morgan fingerprint density at radius 2 is 1.71 bits per heavy atom. The van der Waals surface area contributed by atoms with Crippen LogP contribution in [0.1, 0.15) is 0 Å². The van der Waals surface area contributed by atoms with Crippen LogP contribution in [0.4, 0.5) is 5.69 Å². The van der Waals surface area contributed by atoms with Gasteiger partial charge in [0, 0.05) is 17.1 Å². The lowest BCUT2D eigenvalue weighted by molar-refractivity contribution is 1.06. The van der Waals surface area contributed by atoms with Gasteiger partial charge in [-0.05, 0) is 12.1 Å². The Hall–Kier alpha value is -2.49. The first-order valence-corrected chi connectivity index (χ1v) is 5.28. The average Bonchev–Trinajstić information content (AvgIpc) is 2.40. The van der Waals surface area contributed by atoms with Gasteiger partial charge in [-0.15, -0.1) is 10.2 Å². The van der Waals surface area contributed by atoms with Crippen molar-refractivity contribution in [3.63, 3.8) is 0 Å². The number of hydrogen-bond acceptors (Lipinski definition) is 4. The molecule has 17 heavy (non-hydrogen) atoms. The molecule has 2 N–H and O–H groups in total. The van der Waals surface area contributed by atoms with Gasteiger partial charge in [-0.1, -0.05) is 30.3 Å². The first kappa shape index (κ1) is 9.72. The Morgan fingerprint density at radius 1 is 0.882 bits per heavy atom. The molecule has 2 aromatic heterocycles. The van der Waals surface area contributed by atoms with Crippen molar-refractivity contribution >= 4 is 16.7 Å². The Balaban J connectivity index is 2.29. The highest BCUT2D eigenvalue weighted by Crippen LogP contribution is 2.27. The van der Waals surface area contributed by atoms with Crippen LogP contribution in [0.5, 0.6) is 0 Å². The van der Waals surface area contributed by atoms with Gasteiger partial charge in [0.2, 0.25) is 0 Å². The minimum atomic E-state index is 0.574. The third kappa shape index (κ3) is 1.59. The lowest BCUT2D eigenvalue weighted by Crippen LogP contribution is -1.98. The summed E-state index contributed by atoms with van der Waals surface area (Å²) in [6.07, 6.45) is 1.68. The second kappa shape index (κ2) is 3.83. The Kier molecular flexibility index (Phi) is 2.19.